The Morgan fingerprint density at radius 1 is 1.39 bits per heavy atom. The molecule has 6 nitrogen and oxygen atoms in total. The zero-order chi connectivity index (χ0) is 16.2. The lowest BCUT2D eigenvalue weighted by Gasteiger charge is -2.03. The van der Waals surface area contributed by atoms with Gasteiger partial charge < -0.3 is 5.32 Å². The lowest BCUT2D eigenvalue weighted by atomic mass is 10.3. The van der Waals surface area contributed by atoms with E-state index in [0.29, 0.717) is 11.4 Å². The third kappa shape index (κ3) is 3.45. The van der Waals surface area contributed by atoms with Crippen LogP contribution in [0.5, 0.6) is 0 Å². The normalized spacial score (nSPS) is 10.7. The van der Waals surface area contributed by atoms with Gasteiger partial charge in [-0.05, 0) is 31.5 Å². The molecule has 3 aromatic heterocycles. The first-order chi connectivity index (χ1) is 11.2. The van der Waals surface area contributed by atoms with Crippen molar-refractivity contribution in [1.82, 2.24) is 25.1 Å². The van der Waals surface area contributed by atoms with E-state index >= 15 is 0 Å². The number of aromatic nitrogens is 4. The van der Waals surface area contributed by atoms with Gasteiger partial charge in [0.15, 0.2) is 0 Å². The summed E-state index contributed by atoms with van der Waals surface area (Å²) in [6.07, 6.45) is 5.36. The Labute approximate surface area is 138 Å². The van der Waals surface area contributed by atoms with Gasteiger partial charge in [-0.25, -0.2) is 4.98 Å². The quantitative estimate of drug-likeness (QED) is 0.782. The molecule has 0 aromatic carbocycles. The van der Waals surface area contributed by atoms with Crippen LogP contribution in [0.15, 0.2) is 36.8 Å². The fourth-order valence-corrected chi connectivity index (χ4v) is 3.08. The predicted molar refractivity (Wildman–Crippen MR) is 89.2 cm³/mol. The Balaban J connectivity index is 1.73. The number of rotatable bonds is 5. The van der Waals surface area contributed by atoms with E-state index in [2.05, 4.69) is 20.4 Å². The summed E-state index contributed by atoms with van der Waals surface area (Å²) in [5, 5.41) is 8.10. The van der Waals surface area contributed by atoms with Crippen molar-refractivity contribution in [2.45, 2.75) is 26.9 Å². The number of carbonyl (C=O) groups is 1. The summed E-state index contributed by atoms with van der Waals surface area (Å²) in [5.41, 5.74) is 2.48. The summed E-state index contributed by atoms with van der Waals surface area (Å²) >= 11 is 1.37. The molecule has 0 fully saturated rings. The van der Waals surface area contributed by atoms with Gasteiger partial charge in [0.25, 0.3) is 5.91 Å². The molecule has 1 N–H and O–H groups in total. The van der Waals surface area contributed by atoms with Gasteiger partial charge in [0.1, 0.15) is 15.6 Å². The number of pyridine rings is 1. The largest absolute Gasteiger partial charge is 0.347 e. The van der Waals surface area contributed by atoms with Crippen LogP contribution in [0.2, 0.25) is 0 Å². The summed E-state index contributed by atoms with van der Waals surface area (Å²) in [6.45, 7) is 5.13. The molecule has 23 heavy (non-hydrogen) atoms. The molecule has 3 rings (SSSR count). The number of hydrogen-bond acceptors (Lipinski definition) is 5. The molecular weight excluding hydrogens is 310 g/mol. The lowest BCUT2D eigenvalue weighted by Crippen LogP contribution is -2.22. The fourth-order valence-electron chi connectivity index (χ4n) is 2.13. The Morgan fingerprint density at radius 3 is 2.96 bits per heavy atom. The summed E-state index contributed by atoms with van der Waals surface area (Å²) in [6, 6.07) is 5.69. The van der Waals surface area contributed by atoms with Gasteiger partial charge in [-0.2, -0.15) is 5.10 Å². The van der Waals surface area contributed by atoms with Crippen LogP contribution in [-0.2, 0) is 13.1 Å². The molecule has 0 radical (unpaired) electrons. The first-order valence-corrected chi connectivity index (χ1v) is 8.17. The summed E-state index contributed by atoms with van der Waals surface area (Å²) in [5.74, 6) is -0.120. The van der Waals surface area contributed by atoms with E-state index in [0.717, 1.165) is 28.5 Å². The standard InChI is InChI=1S/C16H17N5OS/c1-3-21-8-6-13(20-21)16-19-11(2)14(23-16)15(22)18-10-12-5-4-7-17-9-12/h4-9H,3,10H2,1-2H3,(H,18,22). The highest BCUT2D eigenvalue weighted by Crippen LogP contribution is 2.26. The van der Waals surface area contributed by atoms with Crippen LogP contribution in [0.4, 0.5) is 0 Å². The molecule has 0 aliphatic carbocycles. The van der Waals surface area contributed by atoms with Crippen molar-refractivity contribution in [3.63, 3.8) is 0 Å². The van der Waals surface area contributed by atoms with Crippen LogP contribution in [0.3, 0.4) is 0 Å². The summed E-state index contributed by atoms with van der Waals surface area (Å²) in [7, 11) is 0. The fraction of sp³-hybridized carbons (Fsp3) is 0.250. The van der Waals surface area contributed by atoms with E-state index in [9.17, 15) is 4.79 Å². The Kier molecular flexibility index (Phi) is 4.47. The third-order valence-corrected chi connectivity index (χ3v) is 4.54. The zero-order valence-corrected chi connectivity index (χ0v) is 13.8. The van der Waals surface area contributed by atoms with E-state index in [1.54, 1.807) is 12.4 Å². The molecule has 0 aliphatic heterocycles. The maximum Gasteiger partial charge on any atom is 0.263 e. The zero-order valence-electron chi connectivity index (χ0n) is 13.0. The topological polar surface area (TPSA) is 72.7 Å². The average molecular weight is 327 g/mol. The third-order valence-electron chi connectivity index (χ3n) is 3.36. The second-order valence-corrected chi connectivity index (χ2v) is 6.03. The molecule has 0 saturated heterocycles. The lowest BCUT2D eigenvalue weighted by molar-refractivity contribution is 0.0954. The highest BCUT2D eigenvalue weighted by Gasteiger charge is 2.17. The van der Waals surface area contributed by atoms with E-state index in [4.69, 9.17) is 0 Å². The van der Waals surface area contributed by atoms with Crippen molar-refractivity contribution >= 4 is 17.2 Å². The minimum atomic E-state index is -0.120. The number of nitrogens with one attached hydrogen (secondary N) is 1. The smallest absolute Gasteiger partial charge is 0.263 e. The van der Waals surface area contributed by atoms with Gasteiger partial charge in [-0.1, -0.05) is 6.07 Å². The molecular formula is C16H17N5OS. The van der Waals surface area contributed by atoms with E-state index in [1.165, 1.54) is 11.3 Å². The molecule has 0 bridgehead atoms. The molecule has 0 atom stereocenters. The highest BCUT2D eigenvalue weighted by atomic mass is 32.1. The van der Waals surface area contributed by atoms with Crippen molar-refractivity contribution in [2.75, 3.05) is 0 Å². The molecule has 0 saturated carbocycles. The van der Waals surface area contributed by atoms with Crippen LogP contribution >= 0.6 is 11.3 Å². The van der Waals surface area contributed by atoms with E-state index in [-0.39, 0.29) is 5.91 Å². The van der Waals surface area contributed by atoms with Crippen LogP contribution in [-0.4, -0.2) is 25.7 Å². The maximum atomic E-state index is 12.4. The molecule has 1 amide bonds. The Hall–Kier alpha value is -2.54. The van der Waals surface area contributed by atoms with Gasteiger partial charge in [-0.3, -0.25) is 14.5 Å². The van der Waals surface area contributed by atoms with Crippen molar-refractivity contribution in [1.29, 1.82) is 0 Å². The maximum absolute atomic E-state index is 12.4. The van der Waals surface area contributed by atoms with Gasteiger partial charge >= 0.3 is 0 Å². The minimum Gasteiger partial charge on any atom is -0.347 e. The number of thiazole rings is 1. The molecule has 7 heteroatoms. The second kappa shape index (κ2) is 6.70. The molecule has 118 valence electrons. The van der Waals surface area contributed by atoms with Gasteiger partial charge in [0.05, 0.1) is 5.69 Å². The van der Waals surface area contributed by atoms with Crippen LogP contribution in [0, 0.1) is 6.92 Å². The number of carbonyl (C=O) groups excluding carboxylic acids is 1. The highest BCUT2D eigenvalue weighted by molar-refractivity contribution is 7.17. The van der Waals surface area contributed by atoms with Crippen molar-refractivity contribution in [2.24, 2.45) is 0 Å². The molecule has 0 unspecified atom stereocenters. The number of hydrogen-bond donors (Lipinski definition) is 1. The average Bonchev–Trinajstić information content (AvgIpc) is 3.20. The first kappa shape index (κ1) is 15.4. The van der Waals surface area contributed by atoms with Gasteiger partial charge in [0.2, 0.25) is 0 Å². The SMILES string of the molecule is CCn1ccc(-c2nc(C)c(C(=O)NCc3cccnc3)s2)n1. The van der Waals surface area contributed by atoms with Crippen LogP contribution in [0.1, 0.15) is 27.9 Å². The second-order valence-electron chi connectivity index (χ2n) is 5.03. The first-order valence-electron chi connectivity index (χ1n) is 7.35. The van der Waals surface area contributed by atoms with Gasteiger partial charge in [-0.15, -0.1) is 11.3 Å². The van der Waals surface area contributed by atoms with Crippen LogP contribution in [0.25, 0.3) is 10.7 Å². The predicted octanol–water partition coefficient (Wildman–Crippen LogP) is 2.66. The van der Waals surface area contributed by atoms with E-state index < -0.39 is 0 Å². The molecule has 0 spiro atoms. The summed E-state index contributed by atoms with van der Waals surface area (Å²) < 4.78 is 1.84. The summed E-state index contributed by atoms with van der Waals surface area (Å²) in [4.78, 5) is 21.5. The van der Waals surface area contributed by atoms with Crippen LogP contribution < -0.4 is 5.32 Å². The molecule has 0 aliphatic rings. The Bertz CT molecular complexity index is 809. The number of amides is 1. The van der Waals surface area contributed by atoms with Crippen molar-refractivity contribution in [3.05, 3.63) is 52.9 Å². The molecule has 3 aromatic rings. The van der Waals surface area contributed by atoms with Crippen molar-refractivity contribution in [3.8, 4) is 10.7 Å². The number of aryl methyl sites for hydroxylation is 2. The minimum absolute atomic E-state index is 0.120. The Morgan fingerprint density at radius 2 is 2.26 bits per heavy atom. The molecule has 3 heterocycles. The van der Waals surface area contributed by atoms with Gasteiger partial charge in [0, 0.05) is 31.7 Å². The van der Waals surface area contributed by atoms with Crippen molar-refractivity contribution < 1.29 is 4.79 Å². The monoisotopic (exact) mass is 327 g/mol. The van der Waals surface area contributed by atoms with E-state index in [1.807, 2.05) is 42.9 Å². The number of nitrogens with zero attached hydrogens (tertiary/aromatic N) is 4.